The van der Waals surface area contributed by atoms with Gasteiger partial charge in [-0.05, 0) is 47.4 Å². The molecule has 0 aromatic heterocycles. The van der Waals surface area contributed by atoms with Gasteiger partial charge in [0, 0.05) is 23.3 Å². The third kappa shape index (κ3) is 3.38. The summed E-state index contributed by atoms with van der Waals surface area (Å²) >= 11 is 6.09. The van der Waals surface area contributed by atoms with E-state index < -0.39 is 0 Å². The van der Waals surface area contributed by atoms with E-state index in [0.717, 1.165) is 17.5 Å². The average molecular weight is 407 g/mol. The Balaban J connectivity index is 1.47. The van der Waals surface area contributed by atoms with E-state index in [4.69, 9.17) is 21.1 Å². The number of fused-ring (bicyclic) bond motifs is 2. The molecule has 0 aliphatic carbocycles. The van der Waals surface area contributed by atoms with Crippen molar-refractivity contribution in [3.8, 4) is 11.5 Å². The quantitative estimate of drug-likeness (QED) is 0.632. The van der Waals surface area contributed by atoms with Crippen LogP contribution in [0.1, 0.15) is 22.7 Å². The normalized spacial score (nSPS) is 17.0. The largest absolute Gasteiger partial charge is 0.454 e. The number of ether oxygens (including phenoxy) is 2. The van der Waals surface area contributed by atoms with Crippen molar-refractivity contribution in [2.45, 2.75) is 12.5 Å². The molecule has 0 spiro atoms. The fraction of sp³-hybridized carbons (Fsp3) is 0.174. The maximum atomic E-state index is 13.2. The standard InChI is InChI=1S/C23H19ClN2O3/c24-17-7-5-16(6-8-17)22-19-4-2-1-3-15(19)11-12-26(22)23(27)25-18-9-10-20-21(13-18)29-14-28-20/h1-10,13,22H,11-12,14H2,(H,25,27)/t22-/m0/s1. The Bertz CT molecular complexity index is 1070. The van der Waals surface area contributed by atoms with Gasteiger partial charge in [-0.1, -0.05) is 48.0 Å². The highest BCUT2D eigenvalue weighted by Gasteiger charge is 2.32. The fourth-order valence-corrected chi connectivity index (χ4v) is 4.09. The zero-order valence-corrected chi connectivity index (χ0v) is 16.4. The second-order valence-corrected chi connectivity index (χ2v) is 7.53. The predicted molar refractivity (Wildman–Crippen MR) is 112 cm³/mol. The molecule has 29 heavy (non-hydrogen) atoms. The molecule has 0 saturated carbocycles. The maximum Gasteiger partial charge on any atom is 0.322 e. The van der Waals surface area contributed by atoms with Gasteiger partial charge in [-0.2, -0.15) is 0 Å². The molecule has 5 nitrogen and oxygen atoms in total. The van der Waals surface area contributed by atoms with Crippen LogP contribution in [0.2, 0.25) is 5.02 Å². The lowest BCUT2D eigenvalue weighted by atomic mass is 9.88. The molecular weight excluding hydrogens is 388 g/mol. The number of nitrogens with one attached hydrogen (secondary N) is 1. The Labute approximate surface area is 173 Å². The smallest absolute Gasteiger partial charge is 0.322 e. The van der Waals surface area contributed by atoms with Crippen molar-refractivity contribution in [1.29, 1.82) is 0 Å². The Morgan fingerprint density at radius 2 is 1.79 bits per heavy atom. The van der Waals surface area contributed by atoms with E-state index in [1.165, 1.54) is 5.56 Å². The number of urea groups is 1. The molecule has 2 heterocycles. The first-order valence-electron chi connectivity index (χ1n) is 9.49. The number of rotatable bonds is 2. The summed E-state index contributed by atoms with van der Waals surface area (Å²) in [6.45, 7) is 0.828. The lowest BCUT2D eigenvalue weighted by Gasteiger charge is -2.37. The molecule has 0 fully saturated rings. The van der Waals surface area contributed by atoms with Crippen LogP contribution in [-0.2, 0) is 6.42 Å². The van der Waals surface area contributed by atoms with Crippen molar-refractivity contribution >= 4 is 23.3 Å². The fourth-order valence-electron chi connectivity index (χ4n) is 3.96. The number of nitrogens with zero attached hydrogens (tertiary/aromatic N) is 1. The molecule has 0 saturated heterocycles. The van der Waals surface area contributed by atoms with Crippen LogP contribution in [0.5, 0.6) is 11.5 Å². The third-order valence-corrected chi connectivity index (χ3v) is 5.61. The van der Waals surface area contributed by atoms with Crippen molar-refractivity contribution in [3.63, 3.8) is 0 Å². The Morgan fingerprint density at radius 1 is 1.00 bits per heavy atom. The van der Waals surface area contributed by atoms with Crippen LogP contribution in [0.15, 0.2) is 66.7 Å². The lowest BCUT2D eigenvalue weighted by Crippen LogP contribution is -2.43. The molecule has 2 aliphatic rings. The molecule has 3 aromatic carbocycles. The topological polar surface area (TPSA) is 50.8 Å². The Morgan fingerprint density at radius 3 is 2.66 bits per heavy atom. The number of carbonyl (C=O) groups excluding carboxylic acids is 1. The van der Waals surface area contributed by atoms with E-state index in [0.29, 0.717) is 28.8 Å². The number of amides is 2. The van der Waals surface area contributed by atoms with Crippen molar-refractivity contribution in [2.24, 2.45) is 0 Å². The first kappa shape index (κ1) is 17.9. The summed E-state index contributed by atoms with van der Waals surface area (Å²) < 4.78 is 10.8. The molecule has 0 bridgehead atoms. The van der Waals surface area contributed by atoms with Crippen LogP contribution in [0.25, 0.3) is 0 Å². The molecule has 5 rings (SSSR count). The third-order valence-electron chi connectivity index (χ3n) is 5.35. The summed E-state index contributed by atoms with van der Waals surface area (Å²) in [5.41, 5.74) is 4.11. The molecular formula is C23H19ClN2O3. The van der Waals surface area contributed by atoms with E-state index in [-0.39, 0.29) is 18.9 Å². The van der Waals surface area contributed by atoms with Crippen molar-refractivity contribution in [1.82, 2.24) is 4.90 Å². The molecule has 3 aromatic rings. The summed E-state index contributed by atoms with van der Waals surface area (Å²) in [6, 6.07) is 21.1. The highest BCUT2D eigenvalue weighted by atomic mass is 35.5. The zero-order valence-electron chi connectivity index (χ0n) is 15.6. The Hall–Kier alpha value is -3.18. The van der Waals surface area contributed by atoms with Crippen LogP contribution in [0.3, 0.4) is 0 Å². The molecule has 2 amide bonds. The van der Waals surface area contributed by atoms with E-state index in [1.807, 2.05) is 47.4 Å². The van der Waals surface area contributed by atoms with Gasteiger partial charge in [-0.15, -0.1) is 0 Å². The van der Waals surface area contributed by atoms with E-state index in [1.54, 1.807) is 12.1 Å². The van der Waals surface area contributed by atoms with Gasteiger partial charge in [0.05, 0.1) is 6.04 Å². The van der Waals surface area contributed by atoms with Crippen LogP contribution >= 0.6 is 11.6 Å². The van der Waals surface area contributed by atoms with Crippen LogP contribution in [0.4, 0.5) is 10.5 Å². The van der Waals surface area contributed by atoms with Crippen LogP contribution in [-0.4, -0.2) is 24.3 Å². The number of halogens is 1. The van der Waals surface area contributed by atoms with Gasteiger partial charge < -0.3 is 19.7 Å². The number of benzene rings is 3. The van der Waals surface area contributed by atoms with Crippen LogP contribution < -0.4 is 14.8 Å². The molecule has 0 unspecified atom stereocenters. The molecule has 2 aliphatic heterocycles. The Kier molecular flexibility index (Phi) is 4.52. The number of anilines is 1. The summed E-state index contributed by atoms with van der Waals surface area (Å²) in [7, 11) is 0. The minimum Gasteiger partial charge on any atom is -0.454 e. The number of hydrogen-bond acceptors (Lipinski definition) is 3. The van der Waals surface area contributed by atoms with E-state index in [9.17, 15) is 4.79 Å². The minimum atomic E-state index is -0.175. The summed E-state index contributed by atoms with van der Waals surface area (Å²) in [5, 5.41) is 3.68. The van der Waals surface area contributed by atoms with Crippen molar-refractivity contribution in [2.75, 3.05) is 18.7 Å². The zero-order chi connectivity index (χ0) is 19.8. The lowest BCUT2D eigenvalue weighted by molar-refractivity contribution is 0.174. The summed E-state index contributed by atoms with van der Waals surface area (Å²) in [6.07, 6.45) is 0.814. The highest BCUT2D eigenvalue weighted by Crippen LogP contribution is 2.37. The highest BCUT2D eigenvalue weighted by molar-refractivity contribution is 6.30. The van der Waals surface area contributed by atoms with Crippen molar-refractivity contribution < 1.29 is 14.3 Å². The van der Waals surface area contributed by atoms with Gasteiger partial charge in [0.25, 0.3) is 0 Å². The molecule has 1 atom stereocenters. The van der Waals surface area contributed by atoms with Crippen LogP contribution in [0, 0.1) is 0 Å². The summed E-state index contributed by atoms with van der Waals surface area (Å²) in [4.78, 5) is 15.1. The van der Waals surface area contributed by atoms with Gasteiger partial charge in [0.15, 0.2) is 11.5 Å². The molecule has 6 heteroatoms. The average Bonchev–Trinajstić information content (AvgIpc) is 3.21. The van der Waals surface area contributed by atoms with Gasteiger partial charge in [-0.3, -0.25) is 0 Å². The number of hydrogen-bond donors (Lipinski definition) is 1. The van der Waals surface area contributed by atoms with Gasteiger partial charge in [0.2, 0.25) is 6.79 Å². The maximum absolute atomic E-state index is 13.2. The number of carbonyl (C=O) groups is 1. The molecule has 0 radical (unpaired) electrons. The first-order chi connectivity index (χ1) is 14.2. The molecule has 146 valence electrons. The van der Waals surface area contributed by atoms with E-state index in [2.05, 4.69) is 17.4 Å². The van der Waals surface area contributed by atoms with Crippen molar-refractivity contribution in [3.05, 3.63) is 88.4 Å². The van der Waals surface area contributed by atoms with Gasteiger partial charge in [0.1, 0.15) is 0 Å². The molecule has 1 N–H and O–H groups in total. The SMILES string of the molecule is O=C(Nc1ccc2c(c1)OCO2)N1CCc2ccccc2[C@@H]1c1ccc(Cl)cc1. The predicted octanol–water partition coefficient (Wildman–Crippen LogP) is 5.25. The van der Waals surface area contributed by atoms with Gasteiger partial charge in [-0.25, -0.2) is 4.79 Å². The summed E-state index contributed by atoms with van der Waals surface area (Å²) in [5.74, 6) is 1.33. The van der Waals surface area contributed by atoms with E-state index >= 15 is 0 Å². The minimum absolute atomic E-state index is 0.154. The van der Waals surface area contributed by atoms with Gasteiger partial charge >= 0.3 is 6.03 Å². The monoisotopic (exact) mass is 406 g/mol. The first-order valence-corrected chi connectivity index (χ1v) is 9.87. The second kappa shape index (κ2) is 7.33. The second-order valence-electron chi connectivity index (χ2n) is 7.09.